The Bertz CT molecular complexity index is 329. The molecule has 0 aliphatic carbocycles. The molecule has 1 aromatic heterocycles. The number of rotatable bonds is 6. The van der Waals surface area contributed by atoms with Gasteiger partial charge in [-0.3, -0.25) is 0 Å². The number of nitrogens with one attached hydrogen (secondary N) is 1. The summed E-state index contributed by atoms with van der Waals surface area (Å²) in [5.41, 5.74) is 1.48. The van der Waals surface area contributed by atoms with Gasteiger partial charge >= 0.3 is 0 Å². The first kappa shape index (κ1) is 14.0. The molecule has 1 aromatic rings. The summed E-state index contributed by atoms with van der Waals surface area (Å²) in [5, 5.41) is 16.8. The molecule has 2 N–H and O–H groups in total. The number of likely N-dealkylation sites (tertiary alicyclic amines) is 1. The van der Waals surface area contributed by atoms with Crippen LogP contribution in [-0.4, -0.2) is 48.8 Å². The first-order valence-electron chi connectivity index (χ1n) is 6.89. The maximum absolute atomic E-state index is 8.92. The van der Waals surface area contributed by atoms with Gasteiger partial charge in [0.05, 0.1) is 6.61 Å². The van der Waals surface area contributed by atoms with Crippen molar-refractivity contribution in [3.05, 3.63) is 22.4 Å². The normalized spacial score (nSPS) is 25.4. The van der Waals surface area contributed by atoms with E-state index >= 15 is 0 Å². The van der Waals surface area contributed by atoms with E-state index in [-0.39, 0.29) is 6.61 Å². The zero-order valence-corrected chi connectivity index (χ0v) is 12.0. The number of piperidine rings is 1. The average molecular weight is 268 g/mol. The van der Waals surface area contributed by atoms with Crippen molar-refractivity contribution in [1.29, 1.82) is 0 Å². The quantitative estimate of drug-likeness (QED) is 0.822. The van der Waals surface area contributed by atoms with Crippen LogP contribution in [0.5, 0.6) is 0 Å². The second kappa shape index (κ2) is 7.24. The van der Waals surface area contributed by atoms with Crippen LogP contribution in [0.1, 0.15) is 18.9 Å². The second-order valence-electron chi connectivity index (χ2n) is 5.16. The van der Waals surface area contributed by atoms with Gasteiger partial charge in [0.15, 0.2) is 0 Å². The van der Waals surface area contributed by atoms with Crippen LogP contribution >= 0.6 is 11.3 Å². The van der Waals surface area contributed by atoms with E-state index < -0.39 is 0 Å². The molecule has 2 atom stereocenters. The van der Waals surface area contributed by atoms with Crippen LogP contribution in [0.3, 0.4) is 0 Å². The van der Waals surface area contributed by atoms with Gasteiger partial charge in [0.25, 0.3) is 0 Å². The number of hydrogen-bond acceptors (Lipinski definition) is 4. The molecule has 4 heteroatoms. The summed E-state index contributed by atoms with van der Waals surface area (Å²) in [7, 11) is 0. The number of thiophene rings is 1. The van der Waals surface area contributed by atoms with Crippen molar-refractivity contribution >= 4 is 11.3 Å². The van der Waals surface area contributed by atoms with Crippen molar-refractivity contribution in [3.8, 4) is 0 Å². The van der Waals surface area contributed by atoms with Gasteiger partial charge in [-0.05, 0) is 47.7 Å². The highest BCUT2D eigenvalue weighted by atomic mass is 32.1. The van der Waals surface area contributed by atoms with E-state index in [9.17, 15) is 0 Å². The van der Waals surface area contributed by atoms with E-state index in [1.165, 1.54) is 24.9 Å². The summed E-state index contributed by atoms with van der Waals surface area (Å²) in [6.07, 6.45) is 2.42. The summed E-state index contributed by atoms with van der Waals surface area (Å²) in [5.74, 6) is 0.740. The predicted octanol–water partition coefficient (Wildman–Crippen LogP) is 1.58. The Labute approximate surface area is 114 Å². The largest absolute Gasteiger partial charge is 0.395 e. The monoisotopic (exact) mass is 268 g/mol. The topological polar surface area (TPSA) is 35.5 Å². The lowest BCUT2D eigenvalue weighted by Crippen LogP contribution is -2.50. The molecular weight excluding hydrogens is 244 g/mol. The van der Waals surface area contributed by atoms with Crippen LogP contribution in [0.2, 0.25) is 0 Å². The highest BCUT2D eigenvalue weighted by molar-refractivity contribution is 7.07. The molecule has 18 heavy (non-hydrogen) atoms. The van der Waals surface area contributed by atoms with Crippen LogP contribution in [-0.2, 0) is 6.42 Å². The maximum Gasteiger partial charge on any atom is 0.0556 e. The summed E-state index contributed by atoms with van der Waals surface area (Å²) in [6, 6.07) is 2.78. The number of aliphatic hydroxyl groups excluding tert-OH is 1. The van der Waals surface area contributed by atoms with E-state index in [4.69, 9.17) is 5.11 Å². The molecular formula is C14H24N2OS. The number of likely N-dealkylation sites (N-methyl/N-ethyl adjacent to an activating group) is 1. The Morgan fingerprint density at radius 3 is 3.06 bits per heavy atom. The minimum Gasteiger partial charge on any atom is -0.395 e. The fourth-order valence-corrected chi connectivity index (χ4v) is 3.55. The zero-order valence-electron chi connectivity index (χ0n) is 11.1. The van der Waals surface area contributed by atoms with E-state index in [1.54, 1.807) is 11.3 Å². The lowest BCUT2D eigenvalue weighted by atomic mass is 9.89. The first-order chi connectivity index (χ1) is 8.81. The lowest BCUT2D eigenvalue weighted by Gasteiger charge is -2.37. The molecule has 0 spiro atoms. The summed E-state index contributed by atoms with van der Waals surface area (Å²) >= 11 is 1.79. The van der Waals surface area contributed by atoms with Crippen molar-refractivity contribution in [2.75, 3.05) is 32.8 Å². The number of aliphatic hydroxyl groups is 1. The van der Waals surface area contributed by atoms with E-state index in [2.05, 4.69) is 34.0 Å². The Morgan fingerprint density at radius 1 is 1.50 bits per heavy atom. The third kappa shape index (κ3) is 4.05. The van der Waals surface area contributed by atoms with Crippen molar-refractivity contribution in [2.24, 2.45) is 5.92 Å². The van der Waals surface area contributed by atoms with Crippen LogP contribution in [0.15, 0.2) is 16.8 Å². The molecule has 0 bridgehead atoms. The molecule has 102 valence electrons. The maximum atomic E-state index is 8.92. The Kier molecular flexibility index (Phi) is 5.63. The zero-order chi connectivity index (χ0) is 12.8. The minimum atomic E-state index is 0.234. The van der Waals surface area contributed by atoms with Crippen LogP contribution in [0.25, 0.3) is 0 Å². The molecule has 2 unspecified atom stereocenters. The molecule has 1 fully saturated rings. The Balaban J connectivity index is 1.88. The van der Waals surface area contributed by atoms with Crippen LogP contribution in [0, 0.1) is 5.92 Å². The SMILES string of the molecule is CCN1CC(Cc2ccsc2)CC(NCCO)C1. The van der Waals surface area contributed by atoms with Gasteiger partial charge in [0.1, 0.15) is 0 Å². The van der Waals surface area contributed by atoms with E-state index in [0.717, 1.165) is 19.0 Å². The van der Waals surface area contributed by atoms with Gasteiger partial charge in [0.2, 0.25) is 0 Å². The van der Waals surface area contributed by atoms with Crippen molar-refractivity contribution < 1.29 is 5.11 Å². The molecule has 2 rings (SSSR count). The van der Waals surface area contributed by atoms with Gasteiger partial charge in [-0.15, -0.1) is 0 Å². The third-order valence-corrected chi connectivity index (χ3v) is 4.44. The van der Waals surface area contributed by atoms with E-state index in [1.807, 2.05) is 0 Å². The van der Waals surface area contributed by atoms with Crippen molar-refractivity contribution in [1.82, 2.24) is 10.2 Å². The summed E-state index contributed by atoms with van der Waals surface area (Å²) in [6.45, 7) is 6.64. The van der Waals surface area contributed by atoms with Crippen LogP contribution < -0.4 is 5.32 Å². The summed E-state index contributed by atoms with van der Waals surface area (Å²) < 4.78 is 0. The molecule has 2 heterocycles. The average Bonchev–Trinajstić information content (AvgIpc) is 2.89. The lowest BCUT2D eigenvalue weighted by molar-refractivity contribution is 0.142. The second-order valence-corrected chi connectivity index (χ2v) is 5.94. The molecule has 1 aliphatic heterocycles. The molecule has 3 nitrogen and oxygen atoms in total. The van der Waals surface area contributed by atoms with Crippen LogP contribution in [0.4, 0.5) is 0 Å². The minimum absolute atomic E-state index is 0.234. The molecule has 0 aromatic carbocycles. The van der Waals surface area contributed by atoms with Gasteiger partial charge in [-0.1, -0.05) is 6.92 Å². The predicted molar refractivity (Wildman–Crippen MR) is 77.1 cm³/mol. The molecule has 1 saturated heterocycles. The standard InChI is InChI=1S/C14H24N2OS/c1-2-16-9-13(7-12-3-6-18-11-12)8-14(10-16)15-4-5-17/h3,6,11,13-15,17H,2,4-5,7-10H2,1H3. The fourth-order valence-electron chi connectivity index (χ4n) is 2.87. The van der Waals surface area contributed by atoms with Gasteiger partial charge in [0, 0.05) is 25.7 Å². The third-order valence-electron chi connectivity index (χ3n) is 3.71. The highest BCUT2D eigenvalue weighted by Gasteiger charge is 2.26. The van der Waals surface area contributed by atoms with Gasteiger partial charge < -0.3 is 15.3 Å². The number of hydrogen-bond donors (Lipinski definition) is 2. The van der Waals surface area contributed by atoms with Crippen molar-refractivity contribution in [2.45, 2.75) is 25.8 Å². The number of nitrogens with zero attached hydrogens (tertiary/aromatic N) is 1. The summed E-state index contributed by atoms with van der Waals surface area (Å²) in [4.78, 5) is 2.52. The molecule has 0 radical (unpaired) electrons. The molecule has 1 aliphatic rings. The Morgan fingerprint density at radius 2 is 2.39 bits per heavy atom. The Hall–Kier alpha value is -0.420. The fraction of sp³-hybridized carbons (Fsp3) is 0.714. The van der Waals surface area contributed by atoms with Gasteiger partial charge in [-0.2, -0.15) is 11.3 Å². The smallest absolute Gasteiger partial charge is 0.0556 e. The van der Waals surface area contributed by atoms with E-state index in [0.29, 0.717) is 12.6 Å². The molecule has 0 amide bonds. The molecule has 0 saturated carbocycles. The van der Waals surface area contributed by atoms with Crippen molar-refractivity contribution in [3.63, 3.8) is 0 Å². The van der Waals surface area contributed by atoms with Gasteiger partial charge in [-0.25, -0.2) is 0 Å². The highest BCUT2D eigenvalue weighted by Crippen LogP contribution is 2.22. The first-order valence-corrected chi connectivity index (χ1v) is 7.83.